The van der Waals surface area contributed by atoms with Crippen molar-refractivity contribution in [1.82, 2.24) is 0 Å². The molecular formula is C13H22. The maximum atomic E-state index is 3.79. The van der Waals surface area contributed by atoms with Crippen LogP contribution >= 0.6 is 0 Å². The van der Waals surface area contributed by atoms with Crippen molar-refractivity contribution in [3.05, 3.63) is 37.0 Å². The molecule has 74 valence electrons. The van der Waals surface area contributed by atoms with Gasteiger partial charge in [0.25, 0.3) is 0 Å². The van der Waals surface area contributed by atoms with E-state index in [2.05, 4.69) is 51.7 Å². The first-order valence-electron chi connectivity index (χ1n) is 5.16. The van der Waals surface area contributed by atoms with Gasteiger partial charge in [-0.15, -0.1) is 6.58 Å². The molecule has 2 atom stereocenters. The predicted molar refractivity (Wildman–Crippen MR) is 61.7 cm³/mol. The average molecular weight is 178 g/mol. The summed E-state index contributed by atoms with van der Waals surface area (Å²) < 4.78 is 0. The molecule has 0 radical (unpaired) electrons. The molecule has 2 unspecified atom stereocenters. The monoisotopic (exact) mass is 178 g/mol. The minimum atomic E-state index is 0.616. The van der Waals surface area contributed by atoms with Crippen molar-refractivity contribution >= 4 is 0 Å². The third kappa shape index (κ3) is 5.46. The van der Waals surface area contributed by atoms with Crippen LogP contribution < -0.4 is 0 Å². The van der Waals surface area contributed by atoms with E-state index in [1.807, 2.05) is 6.08 Å². The standard InChI is InChI=1S/C13H22/c1-5-8-11-13(10-7-3)12(4)9-6-2/h6-9,11-13H,3,5,10H2,1-2,4H3. The Bertz CT molecular complexity index is 174. The molecule has 0 saturated heterocycles. The van der Waals surface area contributed by atoms with Crippen molar-refractivity contribution in [3.63, 3.8) is 0 Å². The van der Waals surface area contributed by atoms with Gasteiger partial charge >= 0.3 is 0 Å². The largest absolute Gasteiger partial charge is 0.103 e. The van der Waals surface area contributed by atoms with Gasteiger partial charge < -0.3 is 0 Å². The van der Waals surface area contributed by atoms with Crippen LogP contribution in [0.15, 0.2) is 37.0 Å². The van der Waals surface area contributed by atoms with E-state index in [9.17, 15) is 0 Å². The molecule has 0 heterocycles. The van der Waals surface area contributed by atoms with Gasteiger partial charge in [-0.05, 0) is 31.6 Å². The molecule has 0 bridgehead atoms. The summed E-state index contributed by atoms with van der Waals surface area (Å²) in [7, 11) is 0. The molecule has 0 fully saturated rings. The first-order chi connectivity index (χ1) is 6.26. The van der Waals surface area contributed by atoms with Crippen molar-refractivity contribution in [2.45, 2.75) is 33.6 Å². The average Bonchev–Trinajstić information content (AvgIpc) is 2.12. The Balaban J connectivity index is 4.21. The fourth-order valence-corrected chi connectivity index (χ4v) is 1.42. The van der Waals surface area contributed by atoms with Crippen molar-refractivity contribution in [2.75, 3.05) is 0 Å². The van der Waals surface area contributed by atoms with Crippen molar-refractivity contribution in [1.29, 1.82) is 0 Å². The Hall–Kier alpha value is -0.780. The third-order valence-corrected chi connectivity index (χ3v) is 2.23. The second-order valence-electron chi connectivity index (χ2n) is 3.41. The van der Waals surface area contributed by atoms with Crippen LogP contribution in [0.1, 0.15) is 33.6 Å². The lowest BCUT2D eigenvalue weighted by Gasteiger charge is -2.15. The van der Waals surface area contributed by atoms with Gasteiger partial charge in [-0.1, -0.05) is 44.2 Å². The van der Waals surface area contributed by atoms with Gasteiger partial charge in [0.2, 0.25) is 0 Å². The Kier molecular flexibility index (Phi) is 7.38. The molecule has 0 aliphatic carbocycles. The molecule has 0 aromatic rings. The van der Waals surface area contributed by atoms with E-state index in [1.54, 1.807) is 0 Å². The maximum Gasteiger partial charge on any atom is -0.0139 e. The van der Waals surface area contributed by atoms with Crippen LogP contribution in [0, 0.1) is 11.8 Å². The van der Waals surface area contributed by atoms with E-state index in [0.717, 1.165) is 12.8 Å². The van der Waals surface area contributed by atoms with E-state index in [0.29, 0.717) is 11.8 Å². The highest BCUT2D eigenvalue weighted by Gasteiger charge is 2.08. The van der Waals surface area contributed by atoms with Gasteiger partial charge in [-0.2, -0.15) is 0 Å². The fourth-order valence-electron chi connectivity index (χ4n) is 1.42. The molecule has 0 aromatic carbocycles. The molecule has 0 N–H and O–H groups in total. The molecule has 0 aromatic heterocycles. The summed E-state index contributed by atoms with van der Waals surface area (Å²) in [5.74, 6) is 1.24. The summed E-state index contributed by atoms with van der Waals surface area (Å²) in [5, 5.41) is 0. The topological polar surface area (TPSA) is 0 Å². The summed E-state index contributed by atoms with van der Waals surface area (Å²) in [4.78, 5) is 0. The van der Waals surface area contributed by atoms with Gasteiger partial charge in [0.05, 0.1) is 0 Å². The van der Waals surface area contributed by atoms with Crippen LogP contribution in [-0.4, -0.2) is 0 Å². The van der Waals surface area contributed by atoms with Crippen LogP contribution in [0.2, 0.25) is 0 Å². The van der Waals surface area contributed by atoms with E-state index in [4.69, 9.17) is 0 Å². The molecule has 0 spiro atoms. The molecule has 0 rings (SSSR count). The first-order valence-corrected chi connectivity index (χ1v) is 5.16. The Morgan fingerprint density at radius 2 is 2.00 bits per heavy atom. The quantitative estimate of drug-likeness (QED) is 0.530. The van der Waals surface area contributed by atoms with Crippen molar-refractivity contribution in [2.24, 2.45) is 11.8 Å². The molecule has 0 amide bonds. The summed E-state index contributed by atoms with van der Waals surface area (Å²) in [6.07, 6.45) is 13.1. The van der Waals surface area contributed by atoms with E-state index in [-0.39, 0.29) is 0 Å². The second kappa shape index (κ2) is 7.85. The summed E-state index contributed by atoms with van der Waals surface area (Å²) in [5.41, 5.74) is 0. The van der Waals surface area contributed by atoms with Crippen LogP contribution in [-0.2, 0) is 0 Å². The van der Waals surface area contributed by atoms with Crippen molar-refractivity contribution in [3.8, 4) is 0 Å². The summed E-state index contributed by atoms with van der Waals surface area (Å²) in [6.45, 7) is 10.3. The fraction of sp³-hybridized carbons (Fsp3) is 0.538. The molecule has 0 nitrogen and oxygen atoms in total. The van der Waals surface area contributed by atoms with Gasteiger partial charge in [0, 0.05) is 0 Å². The Morgan fingerprint density at radius 3 is 2.46 bits per heavy atom. The van der Waals surface area contributed by atoms with E-state index >= 15 is 0 Å². The first kappa shape index (κ1) is 12.2. The minimum Gasteiger partial charge on any atom is -0.103 e. The van der Waals surface area contributed by atoms with Crippen LogP contribution in [0.4, 0.5) is 0 Å². The van der Waals surface area contributed by atoms with Crippen molar-refractivity contribution < 1.29 is 0 Å². The summed E-state index contributed by atoms with van der Waals surface area (Å²) >= 11 is 0. The molecule has 0 aliphatic heterocycles. The highest BCUT2D eigenvalue weighted by Crippen LogP contribution is 2.19. The zero-order valence-corrected chi connectivity index (χ0v) is 9.16. The summed E-state index contributed by atoms with van der Waals surface area (Å²) in [6, 6.07) is 0. The SMILES string of the molecule is C=CCC(C=CCC)C(C)C=CC. The maximum absolute atomic E-state index is 3.79. The molecule has 13 heavy (non-hydrogen) atoms. The number of hydrogen-bond acceptors (Lipinski definition) is 0. The van der Waals surface area contributed by atoms with Crippen LogP contribution in [0.3, 0.4) is 0 Å². The van der Waals surface area contributed by atoms with Gasteiger partial charge in [-0.25, -0.2) is 0 Å². The normalized spacial score (nSPS) is 16.5. The lowest BCUT2D eigenvalue weighted by atomic mass is 9.90. The Morgan fingerprint density at radius 1 is 1.31 bits per heavy atom. The molecule has 0 heteroatoms. The highest BCUT2D eigenvalue weighted by molar-refractivity contribution is 4.99. The Labute approximate surface area is 83.0 Å². The van der Waals surface area contributed by atoms with Crippen LogP contribution in [0.5, 0.6) is 0 Å². The van der Waals surface area contributed by atoms with Gasteiger partial charge in [0.1, 0.15) is 0 Å². The zero-order valence-electron chi connectivity index (χ0n) is 9.16. The highest BCUT2D eigenvalue weighted by atomic mass is 14.1. The molecule has 0 saturated carbocycles. The number of allylic oxidation sites excluding steroid dienone is 5. The molecule has 0 aliphatic rings. The van der Waals surface area contributed by atoms with Gasteiger partial charge in [-0.3, -0.25) is 0 Å². The predicted octanol–water partition coefficient (Wildman–Crippen LogP) is 4.36. The lowest BCUT2D eigenvalue weighted by Crippen LogP contribution is -2.05. The lowest BCUT2D eigenvalue weighted by molar-refractivity contribution is 0.517. The zero-order chi connectivity index (χ0) is 10.1. The third-order valence-electron chi connectivity index (χ3n) is 2.23. The van der Waals surface area contributed by atoms with Gasteiger partial charge in [0.15, 0.2) is 0 Å². The van der Waals surface area contributed by atoms with E-state index < -0.39 is 0 Å². The number of rotatable bonds is 6. The minimum absolute atomic E-state index is 0.616. The van der Waals surface area contributed by atoms with Crippen LogP contribution in [0.25, 0.3) is 0 Å². The second-order valence-corrected chi connectivity index (χ2v) is 3.41. The van der Waals surface area contributed by atoms with E-state index in [1.165, 1.54) is 0 Å². The smallest absolute Gasteiger partial charge is 0.0139 e. The number of hydrogen-bond donors (Lipinski definition) is 0. The molecular weight excluding hydrogens is 156 g/mol.